The minimum Gasteiger partial charge on any atom is -0.468 e. The molecule has 146 valence electrons. The van der Waals surface area contributed by atoms with Crippen LogP contribution in [0.2, 0.25) is 0 Å². The second-order valence-corrected chi connectivity index (χ2v) is 6.25. The van der Waals surface area contributed by atoms with Gasteiger partial charge < -0.3 is 20.5 Å². The summed E-state index contributed by atoms with van der Waals surface area (Å²) in [6.45, 7) is 1.56. The van der Waals surface area contributed by atoms with Gasteiger partial charge in [0.1, 0.15) is 0 Å². The van der Waals surface area contributed by atoms with Crippen LogP contribution >= 0.6 is 0 Å². The van der Waals surface area contributed by atoms with Crippen molar-refractivity contribution in [3.8, 4) is 5.88 Å². The van der Waals surface area contributed by atoms with E-state index in [9.17, 15) is 18.3 Å². The summed E-state index contributed by atoms with van der Waals surface area (Å²) in [5, 5.41) is 16.1. The largest absolute Gasteiger partial charge is 0.468 e. The van der Waals surface area contributed by atoms with E-state index in [0.717, 1.165) is 25.7 Å². The number of nitrogens with zero attached hydrogens (tertiary/aromatic N) is 2. The topological polar surface area (TPSA) is 78.8 Å². The molecular weight excluding hydrogens is 349 g/mol. The summed E-state index contributed by atoms with van der Waals surface area (Å²) >= 11 is 0. The third-order valence-electron chi connectivity index (χ3n) is 3.98. The zero-order valence-corrected chi connectivity index (χ0v) is 14.7. The molecule has 1 aliphatic carbocycles. The standard InChI is InChI=1S/C17H25F3N4O2/c1-2-21-16(24-13-3-5-14(25)6-4-13)23-10-12-7-8-22-15(9-12)26-11-17(18,19)20/h7-9,13-14,25H,2-6,10-11H2,1H3,(H2,21,23,24). The molecule has 2 rings (SSSR count). The van der Waals surface area contributed by atoms with E-state index in [1.807, 2.05) is 6.92 Å². The summed E-state index contributed by atoms with van der Waals surface area (Å²) in [4.78, 5) is 8.25. The number of ether oxygens (including phenoxy) is 1. The first-order valence-corrected chi connectivity index (χ1v) is 8.73. The lowest BCUT2D eigenvalue weighted by Crippen LogP contribution is -2.45. The highest BCUT2D eigenvalue weighted by atomic mass is 19.4. The third-order valence-corrected chi connectivity index (χ3v) is 3.98. The van der Waals surface area contributed by atoms with Crippen molar-refractivity contribution >= 4 is 5.96 Å². The number of rotatable bonds is 6. The Kier molecular flexibility index (Phi) is 7.50. The van der Waals surface area contributed by atoms with Crippen LogP contribution in [-0.4, -0.2) is 47.5 Å². The SMILES string of the molecule is CCNC(=NCc1ccnc(OCC(F)(F)F)c1)NC1CCC(O)CC1. The first-order valence-electron chi connectivity index (χ1n) is 8.73. The Bertz CT molecular complexity index is 588. The van der Waals surface area contributed by atoms with Gasteiger partial charge in [0.05, 0.1) is 12.6 Å². The van der Waals surface area contributed by atoms with Crippen molar-refractivity contribution in [3.05, 3.63) is 23.9 Å². The number of nitrogens with one attached hydrogen (secondary N) is 2. The molecule has 0 unspecified atom stereocenters. The van der Waals surface area contributed by atoms with E-state index in [-0.39, 0.29) is 24.6 Å². The van der Waals surface area contributed by atoms with Crippen molar-refractivity contribution in [2.24, 2.45) is 4.99 Å². The van der Waals surface area contributed by atoms with Crippen LogP contribution < -0.4 is 15.4 Å². The van der Waals surface area contributed by atoms with E-state index < -0.39 is 12.8 Å². The fourth-order valence-corrected chi connectivity index (χ4v) is 2.69. The monoisotopic (exact) mass is 374 g/mol. The molecule has 9 heteroatoms. The maximum Gasteiger partial charge on any atom is 0.422 e. The second-order valence-electron chi connectivity index (χ2n) is 6.25. The third kappa shape index (κ3) is 7.47. The Balaban J connectivity index is 1.93. The summed E-state index contributed by atoms with van der Waals surface area (Å²) in [7, 11) is 0. The van der Waals surface area contributed by atoms with Crippen molar-refractivity contribution in [3.63, 3.8) is 0 Å². The molecule has 1 aliphatic rings. The van der Waals surface area contributed by atoms with E-state index in [1.54, 1.807) is 6.07 Å². The quantitative estimate of drug-likeness (QED) is 0.526. The molecule has 26 heavy (non-hydrogen) atoms. The minimum absolute atomic E-state index is 0.0748. The van der Waals surface area contributed by atoms with Gasteiger partial charge in [0, 0.05) is 24.8 Å². The first kappa shape index (κ1) is 20.3. The number of aliphatic hydroxyl groups excluding tert-OH is 1. The van der Waals surface area contributed by atoms with Crippen LogP contribution in [0, 0.1) is 0 Å². The maximum atomic E-state index is 12.2. The Labute approximate surface area is 150 Å². The van der Waals surface area contributed by atoms with Crippen molar-refractivity contribution in [1.82, 2.24) is 15.6 Å². The molecule has 0 radical (unpaired) electrons. The summed E-state index contributed by atoms with van der Waals surface area (Å²) in [6.07, 6.45) is 0.0553. The molecule has 1 saturated carbocycles. The van der Waals surface area contributed by atoms with Crippen molar-refractivity contribution in [1.29, 1.82) is 0 Å². The number of pyridine rings is 1. The highest BCUT2D eigenvalue weighted by Crippen LogP contribution is 2.19. The maximum absolute atomic E-state index is 12.2. The molecule has 3 N–H and O–H groups in total. The number of aliphatic imine (C=N–C) groups is 1. The van der Waals surface area contributed by atoms with Crippen molar-refractivity contribution < 1.29 is 23.0 Å². The van der Waals surface area contributed by atoms with Gasteiger partial charge in [-0.25, -0.2) is 9.98 Å². The second kappa shape index (κ2) is 9.61. The smallest absolute Gasteiger partial charge is 0.422 e. The molecule has 6 nitrogen and oxygen atoms in total. The van der Waals surface area contributed by atoms with Gasteiger partial charge in [-0.15, -0.1) is 0 Å². The Morgan fingerprint density at radius 3 is 2.73 bits per heavy atom. The molecule has 0 aliphatic heterocycles. The summed E-state index contributed by atoms with van der Waals surface area (Å²) in [6, 6.07) is 3.39. The predicted molar refractivity (Wildman–Crippen MR) is 92.0 cm³/mol. The Hall–Kier alpha value is -2.03. The van der Waals surface area contributed by atoms with Gasteiger partial charge >= 0.3 is 6.18 Å². The lowest BCUT2D eigenvalue weighted by molar-refractivity contribution is -0.154. The first-order chi connectivity index (χ1) is 12.4. The Morgan fingerprint density at radius 2 is 2.08 bits per heavy atom. The van der Waals surface area contributed by atoms with Gasteiger partial charge in [0.25, 0.3) is 0 Å². The van der Waals surface area contributed by atoms with E-state index in [1.165, 1.54) is 12.3 Å². The average molecular weight is 374 g/mol. The van der Waals surface area contributed by atoms with Gasteiger partial charge in [-0.05, 0) is 44.2 Å². The molecule has 0 amide bonds. The molecule has 0 spiro atoms. The highest BCUT2D eigenvalue weighted by Gasteiger charge is 2.28. The van der Waals surface area contributed by atoms with E-state index in [0.29, 0.717) is 18.1 Å². The number of guanidine groups is 1. The number of halogens is 3. The number of hydrogen-bond acceptors (Lipinski definition) is 4. The average Bonchev–Trinajstić information content (AvgIpc) is 2.60. The fraction of sp³-hybridized carbons (Fsp3) is 0.647. The highest BCUT2D eigenvalue weighted by molar-refractivity contribution is 5.80. The van der Waals surface area contributed by atoms with Gasteiger partial charge in [-0.2, -0.15) is 13.2 Å². The van der Waals surface area contributed by atoms with Gasteiger partial charge in [0.2, 0.25) is 5.88 Å². The summed E-state index contributed by atoms with van der Waals surface area (Å²) < 4.78 is 41.3. The van der Waals surface area contributed by atoms with Gasteiger partial charge in [-0.3, -0.25) is 0 Å². The molecule has 1 aromatic rings. The molecule has 1 fully saturated rings. The van der Waals surface area contributed by atoms with Crippen LogP contribution in [0.5, 0.6) is 5.88 Å². The van der Waals surface area contributed by atoms with Crippen LogP contribution in [0.15, 0.2) is 23.3 Å². The lowest BCUT2D eigenvalue weighted by atomic mass is 9.93. The number of alkyl halides is 3. The van der Waals surface area contributed by atoms with Gasteiger partial charge in [0.15, 0.2) is 12.6 Å². The molecule has 0 atom stereocenters. The molecule has 0 saturated heterocycles. The van der Waals surface area contributed by atoms with Crippen LogP contribution in [0.4, 0.5) is 13.2 Å². The minimum atomic E-state index is -4.40. The fourth-order valence-electron chi connectivity index (χ4n) is 2.69. The van der Waals surface area contributed by atoms with Crippen LogP contribution in [0.25, 0.3) is 0 Å². The molecule has 0 bridgehead atoms. The summed E-state index contributed by atoms with van der Waals surface area (Å²) in [5.41, 5.74) is 0.702. The normalized spacial score (nSPS) is 21.3. The van der Waals surface area contributed by atoms with Crippen molar-refractivity contribution in [2.75, 3.05) is 13.2 Å². The number of hydrogen-bond donors (Lipinski definition) is 3. The van der Waals surface area contributed by atoms with E-state index in [4.69, 9.17) is 0 Å². The molecule has 0 aromatic carbocycles. The number of aliphatic hydroxyl groups is 1. The molecule has 1 heterocycles. The molecular formula is C17H25F3N4O2. The van der Waals surface area contributed by atoms with E-state index in [2.05, 4.69) is 25.3 Å². The predicted octanol–water partition coefficient (Wildman–Crippen LogP) is 2.38. The van der Waals surface area contributed by atoms with Gasteiger partial charge in [-0.1, -0.05) is 0 Å². The lowest BCUT2D eigenvalue weighted by Gasteiger charge is -2.27. The zero-order chi connectivity index (χ0) is 19.0. The molecule has 1 aromatic heterocycles. The Morgan fingerprint density at radius 1 is 1.35 bits per heavy atom. The van der Waals surface area contributed by atoms with Crippen LogP contribution in [0.1, 0.15) is 38.2 Å². The van der Waals surface area contributed by atoms with Crippen molar-refractivity contribution in [2.45, 2.75) is 57.5 Å². The zero-order valence-electron chi connectivity index (χ0n) is 14.7. The summed E-state index contributed by atoms with van der Waals surface area (Å²) in [5.74, 6) is 0.567. The van der Waals surface area contributed by atoms with E-state index >= 15 is 0 Å². The van der Waals surface area contributed by atoms with Crippen LogP contribution in [0.3, 0.4) is 0 Å². The number of aromatic nitrogens is 1. The van der Waals surface area contributed by atoms with Crippen LogP contribution in [-0.2, 0) is 6.54 Å².